The number of rotatable bonds is 10. The Balaban J connectivity index is 1.29. The first-order valence-electron chi connectivity index (χ1n) is 12.7. The monoisotopic (exact) mass is 515 g/mol. The molecule has 0 saturated carbocycles. The molecule has 0 unspecified atom stereocenters. The summed E-state index contributed by atoms with van der Waals surface area (Å²) in [5.41, 5.74) is 5.77. The Bertz CT molecular complexity index is 1270. The van der Waals surface area contributed by atoms with E-state index in [0.717, 1.165) is 42.6 Å². The van der Waals surface area contributed by atoms with Crippen molar-refractivity contribution in [1.82, 2.24) is 10.3 Å². The number of carbonyl (C=O) groups excluding carboxylic acids is 2. The average Bonchev–Trinajstić information content (AvgIpc) is 2.96. The zero-order valence-electron chi connectivity index (χ0n) is 21.8. The molecular weight excluding hydrogens is 482 g/mol. The fourth-order valence-corrected chi connectivity index (χ4v) is 4.25. The quantitative estimate of drug-likeness (QED) is 0.315. The summed E-state index contributed by atoms with van der Waals surface area (Å²) in [7, 11) is 3.16. The molecule has 1 aliphatic heterocycles. The number of hydrogen-bond acceptors (Lipinski definition) is 6. The van der Waals surface area contributed by atoms with Crippen LogP contribution in [0.4, 0.5) is 0 Å². The summed E-state index contributed by atoms with van der Waals surface area (Å²) in [4.78, 5) is 26.8. The Morgan fingerprint density at radius 3 is 2.42 bits per heavy atom. The Morgan fingerprint density at radius 1 is 0.895 bits per heavy atom. The third-order valence-electron chi connectivity index (χ3n) is 6.33. The van der Waals surface area contributed by atoms with E-state index in [4.69, 9.17) is 14.2 Å². The standard InChI is InChI=1S/C30H33N3O5/c1-36-26-8-6-7-23(17-26)19-29(34)32-31-20-24-11-14-27(28(18-24)37-2)38-21-22-9-12-25(13-10-22)30(35)33-15-4-3-5-16-33/h6-14,17-18,20H,3-5,15-16,19,21H2,1-2H3,(H,32,34)/b31-20+. The molecule has 1 aliphatic rings. The molecule has 2 amide bonds. The van der Waals surface area contributed by atoms with Gasteiger partial charge in [-0.15, -0.1) is 0 Å². The van der Waals surface area contributed by atoms with Gasteiger partial charge in [0.25, 0.3) is 5.91 Å². The van der Waals surface area contributed by atoms with Crippen LogP contribution in [0.3, 0.4) is 0 Å². The van der Waals surface area contributed by atoms with Gasteiger partial charge in [-0.25, -0.2) is 5.43 Å². The van der Waals surface area contributed by atoms with E-state index in [9.17, 15) is 9.59 Å². The maximum Gasteiger partial charge on any atom is 0.253 e. The average molecular weight is 516 g/mol. The molecule has 0 bridgehead atoms. The van der Waals surface area contributed by atoms with Gasteiger partial charge in [-0.05, 0) is 78.4 Å². The first kappa shape index (κ1) is 26.7. The second-order valence-corrected chi connectivity index (χ2v) is 9.07. The summed E-state index contributed by atoms with van der Waals surface area (Å²) in [5.74, 6) is 1.69. The van der Waals surface area contributed by atoms with Crippen molar-refractivity contribution in [3.05, 3.63) is 89.0 Å². The van der Waals surface area contributed by atoms with E-state index < -0.39 is 0 Å². The van der Waals surface area contributed by atoms with Gasteiger partial charge in [0.2, 0.25) is 5.91 Å². The summed E-state index contributed by atoms with van der Waals surface area (Å²) < 4.78 is 16.6. The molecule has 3 aromatic carbocycles. The van der Waals surface area contributed by atoms with E-state index in [0.29, 0.717) is 29.4 Å². The summed E-state index contributed by atoms with van der Waals surface area (Å²) in [6, 6.07) is 20.3. The summed E-state index contributed by atoms with van der Waals surface area (Å²) in [5, 5.41) is 4.05. The number of methoxy groups -OCH3 is 2. The molecule has 1 fully saturated rings. The lowest BCUT2D eigenvalue weighted by Crippen LogP contribution is -2.35. The second-order valence-electron chi connectivity index (χ2n) is 9.07. The van der Waals surface area contributed by atoms with Crippen molar-refractivity contribution in [2.24, 2.45) is 5.10 Å². The van der Waals surface area contributed by atoms with Crippen molar-refractivity contribution in [1.29, 1.82) is 0 Å². The van der Waals surface area contributed by atoms with Gasteiger partial charge in [-0.2, -0.15) is 5.10 Å². The number of amides is 2. The molecule has 0 radical (unpaired) electrons. The predicted molar refractivity (Wildman–Crippen MR) is 146 cm³/mol. The number of benzene rings is 3. The van der Waals surface area contributed by atoms with Gasteiger partial charge >= 0.3 is 0 Å². The summed E-state index contributed by atoms with van der Waals surface area (Å²) in [6.07, 6.45) is 5.08. The van der Waals surface area contributed by atoms with Gasteiger partial charge in [0, 0.05) is 18.7 Å². The molecule has 38 heavy (non-hydrogen) atoms. The number of hydrogen-bond donors (Lipinski definition) is 1. The molecule has 4 rings (SSSR count). The number of nitrogens with one attached hydrogen (secondary N) is 1. The van der Waals surface area contributed by atoms with Gasteiger partial charge in [-0.1, -0.05) is 24.3 Å². The Kier molecular flexibility index (Phi) is 9.34. The molecule has 1 heterocycles. The molecule has 0 spiro atoms. The van der Waals surface area contributed by atoms with E-state index in [2.05, 4.69) is 10.5 Å². The van der Waals surface area contributed by atoms with Gasteiger partial charge in [-0.3, -0.25) is 9.59 Å². The van der Waals surface area contributed by atoms with E-state index in [1.54, 1.807) is 32.6 Å². The number of piperidine rings is 1. The zero-order chi connectivity index (χ0) is 26.7. The predicted octanol–water partition coefficient (Wildman–Crippen LogP) is 4.60. The maximum atomic E-state index is 12.7. The minimum absolute atomic E-state index is 0.0903. The lowest BCUT2D eigenvalue weighted by Gasteiger charge is -2.26. The van der Waals surface area contributed by atoms with Crippen molar-refractivity contribution in [3.63, 3.8) is 0 Å². The molecule has 1 saturated heterocycles. The molecule has 3 aromatic rings. The third kappa shape index (κ3) is 7.35. The molecule has 0 atom stereocenters. The third-order valence-corrected chi connectivity index (χ3v) is 6.33. The number of carbonyl (C=O) groups is 2. The van der Waals surface area contributed by atoms with Crippen LogP contribution in [0.2, 0.25) is 0 Å². The van der Waals surface area contributed by atoms with Crippen LogP contribution < -0.4 is 19.6 Å². The fraction of sp³-hybridized carbons (Fsp3) is 0.300. The highest BCUT2D eigenvalue weighted by Crippen LogP contribution is 2.28. The minimum atomic E-state index is -0.231. The number of nitrogens with zero attached hydrogens (tertiary/aromatic N) is 2. The lowest BCUT2D eigenvalue weighted by molar-refractivity contribution is -0.120. The van der Waals surface area contributed by atoms with Crippen LogP contribution in [0.5, 0.6) is 17.2 Å². The van der Waals surface area contributed by atoms with E-state index in [1.807, 2.05) is 59.5 Å². The van der Waals surface area contributed by atoms with Crippen LogP contribution in [-0.4, -0.2) is 50.2 Å². The first-order valence-corrected chi connectivity index (χ1v) is 12.7. The molecule has 0 aromatic heterocycles. The van der Waals surface area contributed by atoms with Crippen LogP contribution in [0, 0.1) is 0 Å². The maximum absolute atomic E-state index is 12.7. The normalized spacial score (nSPS) is 13.3. The second kappa shape index (κ2) is 13.3. The Hall–Kier alpha value is -4.33. The largest absolute Gasteiger partial charge is 0.497 e. The topological polar surface area (TPSA) is 89.5 Å². The molecule has 1 N–H and O–H groups in total. The van der Waals surface area contributed by atoms with Crippen molar-refractivity contribution < 1.29 is 23.8 Å². The molecular formula is C30H33N3O5. The number of likely N-dealkylation sites (tertiary alicyclic amines) is 1. The highest BCUT2D eigenvalue weighted by Gasteiger charge is 2.18. The highest BCUT2D eigenvalue weighted by atomic mass is 16.5. The van der Waals surface area contributed by atoms with Crippen LogP contribution >= 0.6 is 0 Å². The zero-order valence-corrected chi connectivity index (χ0v) is 21.8. The highest BCUT2D eigenvalue weighted by molar-refractivity contribution is 5.94. The lowest BCUT2D eigenvalue weighted by atomic mass is 10.1. The van der Waals surface area contributed by atoms with Crippen LogP contribution in [0.15, 0.2) is 71.8 Å². The summed E-state index contributed by atoms with van der Waals surface area (Å²) in [6.45, 7) is 2.00. The number of ether oxygens (including phenoxy) is 3. The van der Waals surface area contributed by atoms with Crippen molar-refractivity contribution >= 4 is 18.0 Å². The first-order chi connectivity index (χ1) is 18.6. The molecule has 8 heteroatoms. The van der Waals surface area contributed by atoms with E-state index in [-0.39, 0.29) is 18.2 Å². The van der Waals surface area contributed by atoms with E-state index in [1.165, 1.54) is 6.42 Å². The minimum Gasteiger partial charge on any atom is -0.497 e. The van der Waals surface area contributed by atoms with Gasteiger partial charge in [0.1, 0.15) is 12.4 Å². The van der Waals surface area contributed by atoms with Gasteiger partial charge in [0.05, 0.1) is 26.9 Å². The van der Waals surface area contributed by atoms with Crippen LogP contribution in [0.1, 0.15) is 46.3 Å². The number of hydrazone groups is 1. The van der Waals surface area contributed by atoms with Crippen molar-refractivity contribution in [3.8, 4) is 17.2 Å². The molecule has 0 aliphatic carbocycles. The fourth-order valence-electron chi connectivity index (χ4n) is 4.25. The SMILES string of the molecule is COc1cccc(CC(=O)N/N=C/c2ccc(OCc3ccc(C(=O)N4CCCCC4)cc3)c(OC)c2)c1. The van der Waals surface area contributed by atoms with Crippen LogP contribution in [0.25, 0.3) is 0 Å². The van der Waals surface area contributed by atoms with Crippen molar-refractivity contribution in [2.75, 3.05) is 27.3 Å². The van der Waals surface area contributed by atoms with Crippen LogP contribution in [-0.2, 0) is 17.8 Å². The molecule has 198 valence electrons. The Labute approximate surface area is 223 Å². The smallest absolute Gasteiger partial charge is 0.253 e. The van der Waals surface area contributed by atoms with Gasteiger partial charge in [0.15, 0.2) is 11.5 Å². The summed E-state index contributed by atoms with van der Waals surface area (Å²) >= 11 is 0. The van der Waals surface area contributed by atoms with Gasteiger partial charge < -0.3 is 19.1 Å². The molecule has 8 nitrogen and oxygen atoms in total. The van der Waals surface area contributed by atoms with E-state index >= 15 is 0 Å². The Morgan fingerprint density at radius 2 is 1.68 bits per heavy atom. The van der Waals surface area contributed by atoms with Crippen molar-refractivity contribution in [2.45, 2.75) is 32.3 Å².